The van der Waals surface area contributed by atoms with Gasteiger partial charge in [-0.1, -0.05) is 0 Å². The Hall–Kier alpha value is -0.0400. The molecule has 0 aromatic rings. The lowest BCUT2D eigenvalue weighted by atomic mass is 9.90. The van der Waals surface area contributed by atoms with E-state index in [2.05, 4.69) is 5.32 Å². The normalized spacial score (nSPS) is 40.9. The molecule has 1 aliphatic heterocycles. The minimum atomic E-state index is 0.830. The molecule has 62 valence electrons. The van der Waals surface area contributed by atoms with Crippen molar-refractivity contribution in [1.29, 1.82) is 0 Å². The quantitative estimate of drug-likeness (QED) is 0.636. The second-order valence-corrected chi connectivity index (χ2v) is 4.66. The molecule has 0 aromatic carbocycles. The first-order valence-electron chi connectivity index (χ1n) is 5.15. The fraction of sp³-hybridized carbons (Fsp3) is 1.00. The summed E-state index contributed by atoms with van der Waals surface area (Å²) in [5.41, 5.74) is 0.830. The summed E-state index contributed by atoms with van der Waals surface area (Å²) in [7, 11) is 0. The number of nitrogens with one attached hydrogen (secondary N) is 1. The molecule has 0 aromatic heterocycles. The summed E-state index contributed by atoms with van der Waals surface area (Å²) in [6, 6.07) is 0.926. The van der Waals surface area contributed by atoms with Crippen molar-refractivity contribution in [2.45, 2.75) is 44.6 Å². The van der Waals surface area contributed by atoms with E-state index in [-0.39, 0.29) is 0 Å². The number of rotatable bonds is 2. The molecule has 2 saturated carbocycles. The van der Waals surface area contributed by atoms with E-state index in [1.807, 2.05) is 0 Å². The van der Waals surface area contributed by atoms with Gasteiger partial charge < -0.3 is 5.32 Å². The highest BCUT2D eigenvalue weighted by Crippen LogP contribution is 2.64. The number of hydrogen-bond donors (Lipinski definition) is 1. The molecule has 0 amide bonds. The Balaban J connectivity index is 1.75. The molecule has 1 heteroatoms. The minimum Gasteiger partial charge on any atom is -0.313 e. The summed E-state index contributed by atoms with van der Waals surface area (Å²) in [4.78, 5) is 0. The Morgan fingerprint density at radius 2 is 1.91 bits per heavy atom. The van der Waals surface area contributed by atoms with Gasteiger partial charge in [-0.2, -0.15) is 0 Å². The molecule has 2 aliphatic carbocycles. The van der Waals surface area contributed by atoms with Crippen molar-refractivity contribution in [2.24, 2.45) is 11.3 Å². The second kappa shape index (κ2) is 2.01. The van der Waals surface area contributed by atoms with Gasteiger partial charge in [-0.25, -0.2) is 0 Å². The summed E-state index contributed by atoms with van der Waals surface area (Å²) in [6.07, 6.45) is 9.05. The highest BCUT2D eigenvalue weighted by Gasteiger charge is 2.58. The molecule has 3 rings (SSSR count). The van der Waals surface area contributed by atoms with Crippen LogP contribution in [0.25, 0.3) is 0 Å². The second-order valence-electron chi connectivity index (χ2n) is 4.66. The third-order valence-corrected chi connectivity index (χ3v) is 3.97. The molecule has 1 saturated heterocycles. The van der Waals surface area contributed by atoms with Crippen molar-refractivity contribution in [3.05, 3.63) is 0 Å². The van der Waals surface area contributed by atoms with Gasteiger partial charge in [-0.15, -0.1) is 0 Å². The maximum atomic E-state index is 3.68. The molecular weight excluding hydrogens is 134 g/mol. The van der Waals surface area contributed by atoms with Gasteiger partial charge in [0.1, 0.15) is 0 Å². The van der Waals surface area contributed by atoms with Crippen LogP contribution in [0.15, 0.2) is 0 Å². The maximum Gasteiger partial charge on any atom is 0.0127 e. The van der Waals surface area contributed by atoms with Gasteiger partial charge >= 0.3 is 0 Å². The van der Waals surface area contributed by atoms with E-state index in [4.69, 9.17) is 0 Å². The standard InChI is InChI=1S/C10H17N/c1-2-9(11-7-1)10(5-6-10)8-3-4-8/h8-9,11H,1-7H2. The molecule has 0 radical (unpaired) electrons. The van der Waals surface area contributed by atoms with Crippen LogP contribution in [0.2, 0.25) is 0 Å². The van der Waals surface area contributed by atoms with Crippen molar-refractivity contribution < 1.29 is 0 Å². The average Bonchev–Trinajstić information content (AvgIpc) is 2.89. The fourth-order valence-electron chi connectivity index (χ4n) is 3.02. The van der Waals surface area contributed by atoms with Gasteiger partial charge in [0, 0.05) is 6.04 Å². The van der Waals surface area contributed by atoms with E-state index >= 15 is 0 Å². The molecule has 3 fully saturated rings. The molecule has 0 bridgehead atoms. The lowest BCUT2D eigenvalue weighted by Gasteiger charge is -2.22. The number of hydrogen-bond acceptors (Lipinski definition) is 1. The molecule has 0 spiro atoms. The van der Waals surface area contributed by atoms with Crippen LogP contribution in [0.4, 0.5) is 0 Å². The molecular formula is C10H17N. The summed E-state index contributed by atoms with van der Waals surface area (Å²) in [6.45, 7) is 1.29. The van der Waals surface area contributed by atoms with Gasteiger partial charge in [0.05, 0.1) is 0 Å². The molecule has 1 nitrogen and oxygen atoms in total. The summed E-state index contributed by atoms with van der Waals surface area (Å²) in [5.74, 6) is 1.14. The molecule has 1 N–H and O–H groups in total. The Morgan fingerprint density at radius 1 is 1.09 bits per heavy atom. The zero-order valence-corrected chi connectivity index (χ0v) is 7.10. The van der Waals surface area contributed by atoms with Gasteiger partial charge in [0.15, 0.2) is 0 Å². The topological polar surface area (TPSA) is 12.0 Å². The highest BCUT2D eigenvalue weighted by molar-refractivity contribution is 5.11. The lowest BCUT2D eigenvalue weighted by molar-refractivity contribution is 0.322. The zero-order chi connectivity index (χ0) is 7.31. The first-order valence-corrected chi connectivity index (χ1v) is 5.15. The van der Waals surface area contributed by atoms with E-state index in [1.54, 1.807) is 0 Å². The van der Waals surface area contributed by atoms with E-state index in [0.717, 1.165) is 17.4 Å². The van der Waals surface area contributed by atoms with E-state index in [0.29, 0.717) is 0 Å². The molecule has 11 heavy (non-hydrogen) atoms. The lowest BCUT2D eigenvalue weighted by Crippen LogP contribution is -2.33. The summed E-state index contributed by atoms with van der Waals surface area (Å²) < 4.78 is 0. The van der Waals surface area contributed by atoms with Crippen molar-refractivity contribution in [2.75, 3.05) is 6.54 Å². The van der Waals surface area contributed by atoms with Crippen LogP contribution >= 0.6 is 0 Å². The van der Waals surface area contributed by atoms with Crippen LogP contribution in [0.1, 0.15) is 38.5 Å². The van der Waals surface area contributed by atoms with E-state index in [1.165, 1.54) is 45.1 Å². The van der Waals surface area contributed by atoms with Crippen molar-refractivity contribution in [1.82, 2.24) is 5.32 Å². The maximum absolute atomic E-state index is 3.68. The largest absolute Gasteiger partial charge is 0.313 e. The molecule has 1 atom stereocenters. The van der Waals surface area contributed by atoms with Gasteiger partial charge in [0.2, 0.25) is 0 Å². The third kappa shape index (κ3) is 0.868. The van der Waals surface area contributed by atoms with Crippen LogP contribution in [-0.2, 0) is 0 Å². The van der Waals surface area contributed by atoms with Crippen molar-refractivity contribution >= 4 is 0 Å². The zero-order valence-electron chi connectivity index (χ0n) is 7.10. The Bertz CT molecular complexity index is 162. The van der Waals surface area contributed by atoms with Crippen LogP contribution in [0, 0.1) is 11.3 Å². The Morgan fingerprint density at radius 3 is 2.36 bits per heavy atom. The van der Waals surface area contributed by atoms with E-state index < -0.39 is 0 Å². The van der Waals surface area contributed by atoms with Crippen LogP contribution in [-0.4, -0.2) is 12.6 Å². The SMILES string of the molecule is C1CNC(C2(C3CC3)CC2)C1. The molecule has 1 unspecified atom stereocenters. The highest BCUT2D eigenvalue weighted by atomic mass is 15.0. The molecule has 1 heterocycles. The monoisotopic (exact) mass is 151 g/mol. The van der Waals surface area contributed by atoms with Crippen LogP contribution in [0.3, 0.4) is 0 Å². The van der Waals surface area contributed by atoms with Crippen LogP contribution in [0.5, 0.6) is 0 Å². The van der Waals surface area contributed by atoms with Crippen molar-refractivity contribution in [3.8, 4) is 0 Å². The van der Waals surface area contributed by atoms with Crippen LogP contribution < -0.4 is 5.32 Å². The fourth-order valence-corrected chi connectivity index (χ4v) is 3.02. The Kier molecular flexibility index (Phi) is 1.18. The average molecular weight is 151 g/mol. The smallest absolute Gasteiger partial charge is 0.0127 e. The van der Waals surface area contributed by atoms with Crippen molar-refractivity contribution in [3.63, 3.8) is 0 Å². The Labute approximate surface area is 68.6 Å². The van der Waals surface area contributed by atoms with E-state index in [9.17, 15) is 0 Å². The first-order chi connectivity index (χ1) is 5.42. The minimum absolute atomic E-state index is 0.830. The third-order valence-electron chi connectivity index (χ3n) is 3.97. The van der Waals surface area contributed by atoms with Gasteiger partial charge in [-0.05, 0) is 56.4 Å². The predicted molar refractivity (Wildman–Crippen MR) is 45.4 cm³/mol. The summed E-state index contributed by atoms with van der Waals surface area (Å²) >= 11 is 0. The predicted octanol–water partition coefficient (Wildman–Crippen LogP) is 1.93. The van der Waals surface area contributed by atoms with Gasteiger partial charge in [-0.3, -0.25) is 0 Å². The molecule has 3 aliphatic rings. The first kappa shape index (κ1) is 6.47. The van der Waals surface area contributed by atoms with Gasteiger partial charge in [0.25, 0.3) is 0 Å². The summed E-state index contributed by atoms with van der Waals surface area (Å²) in [5, 5.41) is 3.68.